The molecule has 0 aliphatic carbocycles. The summed E-state index contributed by atoms with van der Waals surface area (Å²) in [4.78, 5) is 14.0. The average molecular weight is 269 g/mol. The Kier molecular flexibility index (Phi) is 5.81. The van der Waals surface area contributed by atoms with Crippen molar-refractivity contribution in [1.29, 1.82) is 0 Å². The van der Waals surface area contributed by atoms with E-state index in [0.717, 1.165) is 19.4 Å². The van der Waals surface area contributed by atoms with Crippen LogP contribution < -0.4 is 11.1 Å². The van der Waals surface area contributed by atoms with Gasteiger partial charge in [-0.05, 0) is 71.1 Å². The van der Waals surface area contributed by atoms with Gasteiger partial charge in [-0.15, -0.1) is 0 Å². The number of nitrogens with one attached hydrogen (secondary N) is 1. The Morgan fingerprint density at radius 1 is 1.37 bits per heavy atom. The summed E-state index contributed by atoms with van der Waals surface area (Å²) in [5.74, 6) is -0.257. The van der Waals surface area contributed by atoms with E-state index in [0.29, 0.717) is 5.41 Å². The van der Waals surface area contributed by atoms with Gasteiger partial charge in [-0.1, -0.05) is 13.8 Å². The van der Waals surface area contributed by atoms with E-state index < -0.39 is 5.54 Å². The first kappa shape index (κ1) is 16.4. The molecule has 4 nitrogen and oxygen atoms in total. The summed E-state index contributed by atoms with van der Waals surface area (Å²) in [6.45, 7) is 10.1. The lowest BCUT2D eigenvalue weighted by atomic mass is 9.85. The first-order chi connectivity index (χ1) is 8.79. The van der Waals surface area contributed by atoms with Crippen molar-refractivity contribution in [2.75, 3.05) is 26.7 Å². The molecule has 1 amide bonds. The molecule has 1 unspecified atom stereocenters. The number of rotatable bonds is 6. The average Bonchev–Trinajstić information content (AvgIpc) is 2.50. The maximum absolute atomic E-state index is 11.4. The van der Waals surface area contributed by atoms with E-state index in [2.05, 4.69) is 24.1 Å². The van der Waals surface area contributed by atoms with E-state index >= 15 is 0 Å². The van der Waals surface area contributed by atoms with Crippen molar-refractivity contribution in [2.45, 2.75) is 58.4 Å². The zero-order chi connectivity index (χ0) is 14.5. The summed E-state index contributed by atoms with van der Waals surface area (Å²) >= 11 is 0. The number of amides is 1. The molecule has 0 aromatic rings. The molecule has 1 fully saturated rings. The second kappa shape index (κ2) is 6.71. The third kappa shape index (κ3) is 5.11. The first-order valence-electron chi connectivity index (χ1n) is 7.50. The van der Waals surface area contributed by atoms with Crippen molar-refractivity contribution < 1.29 is 4.79 Å². The molecule has 0 radical (unpaired) electrons. The third-order valence-electron chi connectivity index (χ3n) is 4.68. The molecule has 1 atom stereocenters. The van der Waals surface area contributed by atoms with Gasteiger partial charge in [0.05, 0.1) is 5.54 Å². The molecule has 1 heterocycles. The van der Waals surface area contributed by atoms with Crippen molar-refractivity contribution in [1.82, 2.24) is 10.2 Å². The molecule has 1 saturated heterocycles. The number of carbonyl (C=O) groups excluding carboxylic acids is 1. The molecule has 1 aliphatic rings. The van der Waals surface area contributed by atoms with Crippen LogP contribution in [0.5, 0.6) is 0 Å². The van der Waals surface area contributed by atoms with Gasteiger partial charge in [0.25, 0.3) is 0 Å². The van der Waals surface area contributed by atoms with Crippen molar-refractivity contribution in [3.8, 4) is 0 Å². The number of hydrogen-bond donors (Lipinski definition) is 2. The van der Waals surface area contributed by atoms with Crippen LogP contribution >= 0.6 is 0 Å². The zero-order valence-corrected chi connectivity index (χ0v) is 13.1. The van der Waals surface area contributed by atoms with Crippen LogP contribution in [-0.2, 0) is 4.79 Å². The van der Waals surface area contributed by atoms with Crippen LogP contribution in [0.4, 0.5) is 0 Å². The minimum atomic E-state index is -0.564. The highest BCUT2D eigenvalue weighted by Gasteiger charge is 2.29. The lowest BCUT2D eigenvalue weighted by Crippen LogP contribution is -2.51. The highest BCUT2D eigenvalue weighted by atomic mass is 16.1. The van der Waals surface area contributed by atoms with Crippen LogP contribution in [0.25, 0.3) is 0 Å². The normalized spacial score (nSPS) is 23.6. The van der Waals surface area contributed by atoms with E-state index in [1.54, 1.807) is 7.05 Å². The fourth-order valence-electron chi connectivity index (χ4n) is 2.73. The highest BCUT2D eigenvalue weighted by molar-refractivity contribution is 5.84. The van der Waals surface area contributed by atoms with E-state index in [1.165, 1.54) is 32.4 Å². The van der Waals surface area contributed by atoms with Crippen molar-refractivity contribution in [2.24, 2.45) is 11.1 Å². The Morgan fingerprint density at radius 2 is 2.05 bits per heavy atom. The van der Waals surface area contributed by atoms with Gasteiger partial charge in [-0.25, -0.2) is 0 Å². The third-order valence-corrected chi connectivity index (χ3v) is 4.68. The van der Waals surface area contributed by atoms with Gasteiger partial charge in [0, 0.05) is 0 Å². The number of nitrogens with two attached hydrogens (primary N) is 1. The predicted octanol–water partition coefficient (Wildman–Crippen LogP) is 1.74. The Labute approximate surface area is 118 Å². The fraction of sp³-hybridized carbons (Fsp3) is 0.933. The molecule has 19 heavy (non-hydrogen) atoms. The highest BCUT2D eigenvalue weighted by Crippen LogP contribution is 2.29. The molecule has 1 aliphatic heterocycles. The molecular formula is C15H31N3O. The maximum Gasteiger partial charge on any atom is 0.237 e. The van der Waals surface area contributed by atoms with Crippen LogP contribution in [-0.4, -0.2) is 43.0 Å². The Bertz CT molecular complexity index is 304. The summed E-state index contributed by atoms with van der Waals surface area (Å²) in [7, 11) is 1.80. The molecule has 112 valence electrons. The molecule has 3 N–H and O–H groups in total. The van der Waals surface area contributed by atoms with Crippen LogP contribution in [0.2, 0.25) is 0 Å². The Hall–Kier alpha value is -0.610. The number of likely N-dealkylation sites (N-methyl/N-ethyl adjacent to an activating group) is 1. The van der Waals surface area contributed by atoms with Crippen LogP contribution in [0.3, 0.4) is 0 Å². The number of nitrogens with zero attached hydrogens (tertiary/aromatic N) is 1. The minimum absolute atomic E-state index is 0.257. The van der Waals surface area contributed by atoms with Crippen LogP contribution in [0.15, 0.2) is 0 Å². The van der Waals surface area contributed by atoms with Gasteiger partial charge in [0.1, 0.15) is 0 Å². The van der Waals surface area contributed by atoms with Gasteiger partial charge in [-0.2, -0.15) is 0 Å². The van der Waals surface area contributed by atoms with E-state index in [1.807, 2.05) is 6.92 Å². The van der Waals surface area contributed by atoms with Crippen molar-refractivity contribution in [3.05, 3.63) is 0 Å². The van der Waals surface area contributed by atoms with Gasteiger partial charge >= 0.3 is 0 Å². The predicted molar refractivity (Wildman–Crippen MR) is 80.0 cm³/mol. The molecule has 0 bridgehead atoms. The fourth-order valence-corrected chi connectivity index (χ4v) is 2.73. The molecule has 0 aromatic heterocycles. The Balaban J connectivity index is 2.35. The van der Waals surface area contributed by atoms with Gasteiger partial charge < -0.3 is 16.0 Å². The van der Waals surface area contributed by atoms with Crippen molar-refractivity contribution >= 4 is 5.91 Å². The van der Waals surface area contributed by atoms with Gasteiger partial charge in [0.2, 0.25) is 5.91 Å². The summed E-state index contributed by atoms with van der Waals surface area (Å²) in [5.41, 5.74) is 5.37. The van der Waals surface area contributed by atoms with E-state index in [4.69, 9.17) is 5.73 Å². The molecule has 0 aromatic carbocycles. The molecule has 0 saturated carbocycles. The lowest BCUT2D eigenvalue weighted by molar-refractivity contribution is -0.123. The smallest absolute Gasteiger partial charge is 0.237 e. The second-order valence-corrected chi connectivity index (χ2v) is 6.91. The largest absolute Gasteiger partial charge is 0.368 e. The van der Waals surface area contributed by atoms with E-state index in [9.17, 15) is 4.79 Å². The van der Waals surface area contributed by atoms with E-state index in [-0.39, 0.29) is 5.91 Å². The molecular weight excluding hydrogens is 238 g/mol. The molecule has 1 rings (SSSR count). The minimum Gasteiger partial charge on any atom is -0.368 e. The SMILES string of the molecule is CNC(C)(CCCN1CCCC(C)(C)CC1)C(N)=O. The second-order valence-electron chi connectivity index (χ2n) is 6.91. The quantitative estimate of drug-likeness (QED) is 0.772. The number of primary amides is 1. The summed E-state index contributed by atoms with van der Waals surface area (Å²) in [5, 5.41) is 3.05. The number of carbonyl (C=O) groups is 1. The number of hydrogen-bond acceptors (Lipinski definition) is 3. The summed E-state index contributed by atoms with van der Waals surface area (Å²) in [6, 6.07) is 0. The molecule has 0 spiro atoms. The zero-order valence-electron chi connectivity index (χ0n) is 13.1. The molecule has 4 heteroatoms. The monoisotopic (exact) mass is 269 g/mol. The summed E-state index contributed by atoms with van der Waals surface area (Å²) in [6.07, 6.45) is 5.69. The summed E-state index contributed by atoms with van der Waals surface area (Å²) < 4.78 is 0. The standard InChI is InChI=1S/C15H31N3O/c1-14(2)7-5-10-18(12-9-14)11-6-8-15(3,17-4)13(16)19/h17H,5-12H2,1-4H3,(H2,16,19). The van der Waals surface area contributed by atoms with Gasteiger partial charge in [-0.3, -0.25) is 4.79 Å². The maximum atomic E-state index is 11.4. The topological polar surface area (TPSA) is 58.4 Å². The first-order valence-corrected chi connectivity index (χ1v) is 7.50. The Morgan fingerprint density at radius 3 is 2.63 bits per heavy atom. The van der Waals surface area contributed by atoms with Crippen molar-refractivity contribution in [3.63, 3.8) is 0 Å². The van der Waals surface area contributed by atoms with Gasteiger partial charge in [0.15, 0.2) is 0 Å². The lowest BCUT2D eigenvalue weighted by Gasteiger charge is -2.27. The van der Waals surface area contributed by atoms with Crippen LogP contribution in [0, 0.1) is 5.41 Å². The van der Waals surface area contributed by atoms with Crippen LogP contribution in [0.1, 0.15) is 52.9 Å². The number of likely N-dealkylation sites (tertiary alicyclic amines) is 1.